The van der Waals surface area contributed by atoms with Crippen molar-refractivity contribution in [1.82, 2.24) is 9.55 Å². The predicted octanol–water partition coefficient (Wildman–Crippen LogP) is 0.663. The molecule has 0 aliphatic rings. The summed E-state index contributed by atoms with van der Waals surface area (Å²) in [6, 6.07) is 3.81. The quantitative estimate of drug-likeness (QED) is 0.654. The molecule has 1 aromatic rings. The predicted molar refractivity (Wildman–Crippen MR) is 48.2 cm³/mol. The number of hydrogen-bond acceptors (Lipinski definition) is 4. The SMILES string of the molecule is CCOCCn1cnc(C#N)c1C#N. The molecule has 0 bridgehead atoms. The second-order valence-electron chi connectivity index (χ2n) is 2.56. The summed E-state index contributed by atoms with van der Waals surface area (Å²) < 4.78 is 6.76. The van der Waals surface area contributed by atoms with Crippen LogP contribution in [-0.4, -0.2) is 22.8 Å². The van der Waals surface area contributed by atoms with Gasteiger partial charge in [0.05, 0.1) is 12.9 Å². The van der Waals surface area contributed by atoms with Crippen molar-refractivity contribution in [3.63, 3.8) is 0 Å². The van der Waals surface area contributed by atoms with Gasteiger partial charge in [-0.15, -0.1) is 0 Å². The lowest BCUT2D eigenvalue weighted by Crippen LogP contribution is -2.06. The Morgan fingerprint density at radius 3 is 2.86 bits per heavy atom. The van der Waals surface area contributed by atoms with Gasteiger partial charge in [-0.05, 0) is 6.92 Å². The van der Waals surface area contributed by atoms with Crippen LogP contribution in [0.4, 0.5) is 0 Å². The lowest BCUT2D eigenvalue weighted by molar-refractivity contribution is 0.139. The van der Waals surface area contributed by atoms with Gasteiger partial charge in [-0.1, -0.05) is 0 Å². The molecular formula is C9H10N4O. The summed E-state index contributed by atoms with van der Waals surface area (Å²) in [5.41, 5.74) is 0.469. The van der Waals surface area contributed by atoms with Crippen molar-refractivity contribution in [2.75, 3.05) is 13.2 Å². The summed E-state index contributed by atoms with van der Waals surface area (Å²) in [4.78, 5) is 3.81. The average Bonchev–Trinajstić information content (AvgIpc) is 2.60. The fraction of sp³-hybridized carbons (Fsp3) is 0.444. The van der Waals surface area contributed by atoms with Crippen molar-refractivity contribution in [3.05, 3.63) is 17.7 Å². The first-order chi connectivity index (χ1) is 6.83. The second kappa shape index (κ2) is 5.00. The summed E-state index contributed by atoms with van der Waals surface area (Å²) in [6.07, 6.45) is 1.48. The summed E-state index contributed by atoms with van der Waals surface area (Å²) in [5, 5.41) is 17.4. The van der Waals surface area contributed by atoms with E-state index in [2.05, 4.69) is 4.98 Å². The zero-order valence-electron chi connectivity index (χ0n) is 7.90. The van der Waals surface area contributed by atoms with Gasteiger partial charge in [-0.25, -0.2) is 4.98 Å². The molecule has 0 saturated carbocycles. The molecule has 14 heavy (non-hydrogen) atoms. The minimum Gasteiger partial charge on any atom is -0.380 e. The van der Waals surface area contributed by atoms with Gasteiger partial charge in [0.2, 0.25) is 0 Å². The van der Waals surface area contributed by atoms with Crippen molar-refractivity contribution in [3.8, 4) is 12.1 Å². The van der Waals surface area contributed by atoms with Crippen molar-refractivity contribution in [1.29, 1.82) is 10.5 Å². The first kappa shape index (κ1) is 10.2. The van der Waals surface area contributed by atoms with Crippen LogP contribution in [-0.2, 0) is 11.3 Å². The maximum Gasteiger partial charge on any atom is 0.176 e. The fourth-order valence-corrected chi connectivity index (χ4v) is 1.06. The van der Waals surface area contributed by atoms with Gasteiger partial charge >= 0.3 is 0 Å². The van der Waals surface area contributed by atoms with Crippen LogP contribution in [0.15, 0.2) is 6.33 Å². The van der Waals surface area contributed by atoms with Gasteiger partial charge in [0.15, 0.2) is 11.4 Å². The van der Waals surface area contributed by atoms with Crippen LogP contribution in [0.25, 0.3) is 0 Å². The van der Waals surface area contributed by atoms with E-state index in [1.165, 1.54) is 6.33 Å². The number of nitriles is 2. The topological polar surface area (TPSA) is 74.6 Å². The van der Waals surface area contributed by atoms with Crippen molar-refractivity contribution < 1.29 is 4.74 Å². The first-order valence-corrected chi connectivity index (χ1v) is 4.26. The summed E-state index contributed by atoms with van der Waals surface area (Å²) in [5.74, 6) is 0. The average molecular weight is 190 g/mol. The molecule has 0 aliphatic carbocycles. The maximum absolute atomic E-state index is 8.77. The molecule has 5 nitrogen and oxygen atoms in total. The first-order valence-electron chi connectivity index (χ1n) is 4.26. The number of nitrogens with zero attached hydrogens (tertiary/aromatic N) is 4. The summed E-state index contributed by atoms with van der Waals surface area (Å²) >= 11 is 0. The molecule has 1 rings (SSSR count). The molecule has 1 aromatic heterocycles. The molecule has 0 aliphatic heterocycles. The van der Waals surface area contributed by atoms with Gasteiger partial charge in [-0.2, -0.15) is 10.5 Å². The molecule has 0 amide bonds. The summed E-state index contributed by atoms with van der Waals surface area (Å²) in [6.45, 7) is 3.61. The molecule has 0 saturated heterocycles. The Labute approximate surface area is 82.2 Å². The minimum atomic E-state index is 0.170. The molecule has 0 N–H and O–H groups in total. The number of ether oxygens (including phenoxy) is 1. The zero-order chi connectivity index (χ0) is 10.4. The van der Waals surface area contributed by atoms with Gasteiger partial charge in [-0.3, -0.25) is 0 Å². The molecule has 0 aromatic carbocycles. The Kier molecular flexibility index (Phi) is 3.66. The van der Waals surface area contributed by atoms with E-state index < -0.39 is 0 Å². The maximum atomic E-state index is 8.77. The number of hydrogen-bond donors (Lipinski definition) is 0. The van der Waals surface area contributed by atoms with E-state index in [0.717, 1.165) is 0 Å². The van der Waals surface area contributed by atoms with Crippen LogP contribution in [0.2, 0.25) is 0 Å². The van der Waals surface area contributed by atoms with Gasteiger partial charge in [0, 0.05) is 13.2 Å². The van der Waals surface area contributed by atoms with E-state index in [1.807, 2.05) is 19.1 Å². The van der Waals surface area contributed by atoms with Gasteiger partial charge < -0.3 is 9.30 Å². The van der Waals surface area contributed by atoms with E-state index in [4.69, 9.17) is 15.3 Å². The van der Waals surface area contributed by atoms with Crippen molar-refractivity contribution in [2.45, 2.75) is 13.5 Å². The van der Waals surface area contributed by atoms with Crippen LogP contribution in [0.5, 0.6) is 0 Å². The molecule has 0 radical (unpaired) electrons. The normalized spacial score (nSPS) is 9.36. The van der Waals surface area contributed by atoms with Crippen LogP contribution in [0.3, 0.4) is 0 Å². The fourth-order valence-electron chi connectivity index (χ4n) is 1.06. The largest absolute Gasteiger partial charge is 0.380 e. The van der Waals surface area contributed by atoms with Crippen molar-refractivity contribution >= 4 is 0 Å². The highest BCUT2D eigenvalue weighted by atomic mass is 16.5. The standard InChI is InChI=1S/C9H10N4O/c1-2-14-4-3-13-7-12-8(5-10)9(13)6-11/h7H,2-4H2,1H3. The lowest BCUT2D eigenvalue weighted by Gasteiger charge is -2.02. The Hall–Kier alpha value is -1.85. The van der Waals surface area contributed by atoms with E-state index >= 15 is 0 Å². The third-order valence-electron chi connectivity index (χ3n) is 1.73. The highest BCUT2D eigenvalue weighted by Gasteiger charge is 2.08. The molecule has 72 valence electrons. The molecule has 5 heteroatoms. The third kappa shape index (κ3) is 2.09. The lowest BCUT2D eigenvalue weighted by atomic mass is 10.3. The molecule has 0 unspecified atom stereocenters. The summed E-state index contributed by atoms with van der Waals surface area (Å²) in [7, 11) is 0. The number of rotatable bonds is 4. The molecule has 0 atom stereocenters. The Morgan fingerprint density at radius 1 is 1.50 bits per heavy atom. The third-order valence-corrected chi connectivity index (χ3v) is 1.73. The second-order valence-corrected chi connectivity index (χ2v) is 2.56. The number of imidazole rings is 1. The van der Waals surface area contributed by atoms with Crippen molar-refractivity contribution in [2.24, 2.45) is 0 Å². The van der Waals surface area contributed by atoms with Crippen LogP contribution in [0.1, 0.15) is 18.3 Å². The number of aromatic nitrogens is 2. The smallest absolute Gasteiger partial charge is 0.176 e. The van der Waals surface area contributed by atoms with E-state index in [9.17, 15) is 0 Å². The molecule has 0 spiro atoms. The Balaban J connectivity index is 2.74. The monoisotopic (exact) mass is 190 g/mol. The van der Waals surface area contributed by atoms with E-state index in [0.29, 0.717) is 25.5 Å². The van der Waals surface area contributed by atoms with E-state index in [-0.39, 0.29) is 5.69 Å². The zero-order valence-corrected chi connectivity index (χ0v) is 7.90. The van der Waals surface area contributed by atoms with Gasteiger partial charge in [0.25, 0.3) is 0 Å². The van der Waals surface area contributed by atoms with Crippen LogP contribution in [0, 0.1) is 22.7 Å². The Bertz CT molecular complexity index is 382. The van der Waals surface area contributed by atoms with E-state index in [1.54, 1.807) is 4.57 Å². The van der Waals surface area contributed by atoms with Gasteiger partial charge in [0.1, 0.15) is 12.1 Å². The molecule has 0 fully saturated rings. The minimum absolute atomic E-state index is 0.170. The van der Waals surface area contributed by atoms with Crippen LogP contribution >= 0.6 is 0 Å². The highest BCUT2D eigenvalue weighted by molar-refractivity contribution is 5.35. The highest BCUT2D eigenvalue weighted by Crippen LogP contribution is 2.04. The molecular weight excluding hydrogens is 180 g/mol. The Morgan fingerprint density at radius 2 is 2.29 bits per heavy atom. The van der Waals surface area contributed by atoms with Crippen LogP contribution < -0.4 is 0 Å². The molecule has 1 heterocycles.